The lowest BCUT2D eigenvalue weighted by molar-refractivity contribution is -0.136. The molecule has 2 aromatic carbocycles. The van der Waals surface area contributed by atoms with E-state index in [9.17, 15) is 14.4 Å². The molecule has 0 bridgehead atoms. The van der Waals surface area contributed by atoms with Gasteiger partial charge in [0.15, 0.2) is 5.54 Å². The van der Waals surface area contributed by atoms with Crippen LogP contribution in [0.25, 0.3) is 0 Å². The Hall–Kier alpha value is -3.19. The van der Waals surface area contributed by atoms with Crippen LogP contribution in [0.2, 0.25) is 0 Å². The maximum absolute atomic E-state index is 14.1. The van der Waals surface area contributed by atoms with Gasteiger partial charge >= 0.3 is 6.03 Å². The number of nitrogens with zero attached hydrogens (tertiary/aromatic N) is 4. The highest BCUT2D eigenvalue weighted by Gasteiger charge is 2.59. The Balaban J connectivity index is 2.05. The molecule has 0 spiro atoms. The van der Waals surface area contributed by atoms with Crippen LogP contribution in [-0.2, 0) is 15.1 Å². The van der Waals surface area contributed by atoms with Gasteiger partial charge in [0.2, 0.25) is 5.91 Å². The van der Waals surface area contributed by atoms with Gasteiger partial charge in [-0.25, -0.2) is 4.79 Å². The second kappa shape index (κ2) is 11.9. The van der Waals surface area contributed by atoms with Gasteiger partial charge in [0.1, 0.15) is 6.54 Å². The Bertz CT molecular complexity index is 1020. The van der Waals surface area contributed by atoms with Gasteiger partial charge in [-0.1, -0.05) is 60.7 Å². The van der Waals surface area contributed by atoms with Gasteiger partial charge < -0.3 is 4.90 Å². The number of carbonyl (C=O) groups excluding carboxylic acids is 3. The minimum atomic E-state index is -1.41. The van der Waals surface area contributed by atoms with E-state index < -0.39 is 11.6 Å². The molecular weight excluding hydrogens is 464 g/mol. The second-order valence-electron chi connectivity index (χ2n) is 10.5. The predicted molar refractivity (Wildman–Crippen MR) is 147 cm³/mol. The van der Waals surface area contributed by atoms with Crippen LogP contribution in [0.15, 0.2) is 60.7 Å². The highest BCUT2D eigenvalue weighted by Crippen LogP contribution is 2.43. The summed E-state index contributed by atoms with van der Waals surface area (Å²) in [6.45, 7) is 15.7. The molecule has 0 N–H and O–H groups in total. The number of likely N-dealkylation sites (N-methyl/N-ethyl adjacent to an activating group) is 1. The summed E-state index contributed by atoms with van der Waals surface area (Å²) in [5.41, 5.74) is -0.0640. The molecule has 0 atom stereocenters. The summed E-state index contributed by atoms with van der Waals surface area (Å²) in [5, 5.41) is 0. The van der Waals surface area contributed by atoms with Crippen molar-refractivity contribution < 1.29 is 14.4 Å². The highest BCUT2D eigenvalue weighted by molar-refractivity contribution is 6.10. The first-order valence-electron chi connectivity index (χ1n) is 13.4. The summed E-state index contributed by atoms with van der Waals surface area (Å²) in [4.78, 5) is 48.6. The molecule has 7 heteroatoms. The number of urea groups is 1. The topological polar surface area (TPSA) is 64.2 Å². The summed E-state index contributed by atoms with van der Waals surface area (Å²) in [5.74, 6) is -0.495. The molecule has 37 heavy (non-hydrogen) atoms. The van der Waals surface area contributed by atoms with Crippen LogP contribution in [0.5, 0.6) is 0 Å². The first kappa shape index (κ1) is 28.4. The number of benzene rings is 2. The Morgan fingerprint density at radius 1 is 0.784 bits per heavy atom. The van der Waals surface area contributed by atoms with Gasteiger partial charge in [0, 0.05) is 37.8 Å². The SMILES string of the molecule is CCN1C(=O)N(CC(=O)N(CCN(C(C)C)C(C)C)C(C)C)C(c2ccccc2)(c2ccccc2)C1=O. The molecule has 0 unspecified atom stereocenters. The summed E-state index contributed by atoms with van der Waals surface area (Å²) in [6, 6.07) is 18.9. The largest absolute Gasteiger partial charge is 0.337 e. The summed E-state index contributed by atoms with van der Waals surface area (Å²) in [7, 11) is 0. The lowest BCUT2D eigenvalue weighted by Gasteiger charge is -2.38. The van der Waals surface area contributed by atoms with Crippen molar-refractivity contribution in [2.75, 3.05) is 26.2 Å². The molecule has 1 aliphatic rings. The Morgan fingerprint density at radius 3 is 1.68 bits per heavy atom. The van der Waals surface area contributed by atoms with Crippen molar-refractivity contribution in [2.24, 2.45) is 0 Å². The van der Waals surface area contributed by atoms with Crippen LogP contribution in [0.1, 0.15) is 59.6 Å². The molecule has 0 aromatic heterocycles. The number of rotatable bonds is 11. The first-order chi connectivity index (χ1) is 17.6. The highest BCUT2D eigenvalue weighted by atomic mass is 16.2. The van der Waals surface area contributed by atoms with Crippen molar-refractivity contribution in [3.8, 4) is 0 Å². The predicted octanol–water partition coefficient (Wildman–Crippen LogP) is 4.57. The fourth-order valence-corrected chi connectivity index (χ4v) is 5.47. The number of carbonyl (C=O) groups is 3. The minimum Gasteiger partial charge on any atom is -0.337 e. The molecular formula is C30H42N4O3. The van der Waals surface area contributed by atoms with Crippen molar-refractivity contribution in [3.05, 3.63) is 71.8 Å². The van der Waals surface area contributed by atoms with E-state index in [1.54, 1.807) is 6.92 Å². The molecule has 0 radical (unpaired) electrons. The van der Waals surface area contributed by atoms with Crippen LogP contribution in [0, 0.1) is 0 Å². The van der Waals surface area contributed by atoms with Crippen LogP contribution < -0.4 is 0 Å². The van der Waals surface area contributed by atoms with Gasteiger partial charge in [0.05, 0.1) is 0 Å². The molecule has 1 fully saturated rings. The fraction of sp³-hybridized carbons (Fsp3) is 0.500. The quantitative estimate of drug-likeness (QED) is 0.419. The number of hydrogen-bond acceptors (Lipinski definition) is 4. The van der Waals surface area contributed by atoms with Crippen molar-refractivity contribution in [2.45, 2.75) is 72.1 Å². The van der Waals surface area contributed by atoms with Gasteiger partial charge in [-0.2, -0.15) is 0 Å². The zero-order valence-corrected chi connectivity index (χ0v) is 23.3. The van der Waals surface area contributed by atoms with Gasteiger partial charge in [0.25, 0.3) is 5.91 Å². The van der Waals surface area contributed by atoms with Crippen LogP contribution >= 0.6 is 0 Å². The smallest absolute Gasteiger partial charge is 0.328 e. The average molecular weight is 507 g/mol. The van der Waals surface area contributed by atoms with Crippen LogP contribution in [-0.4, -0.2) is 81.7 Å². The van der Waals surface area contributed by atoms with E-state index in [2.05, 4.69) is 32.6 Å². The minimum absolute atomic E-state index is 0.0489. The summed E-state index contributed by atoms with van der Waals surface area (Å²) < 4.78 is 0. The molecule has 1 saturated heterocycles. The Labute approximate surface area is 222 Å². The van der Waals surface area contributed by atoms with Gasteiger partial charge in [-0.3, -0.25) is 24.3 Å². The molecule has 7 nitrogen and oxygen atoms in total. The van der Waals surface area contributed by atoms with E-state index in [0.29, 0.717) is 29.8 Å². The number of hydrogen-bond donors (Lipinski definition) is 0. The first-order valence-corrected chi connectivity index (χ1v) is 13.4. The number of imide groups is 1. The normalized spacial score (nSPS) is 15.5. The van der Waals surface area contributed by atoms with Crippen molar-refractivity contribution in [1.82, 2.24) is 19.6 Å². The van der Waals surface area contributed by atoms with E-state index in [1.165, 1.54) is 9.80 Å². The van der Waals surface area contributed by atoms with E-state index >= 15 is 0 Å². The molecule has 1 heterocycles. The van der Waals surface area contributed by atoms with Gasteiger partial charge in [-0.15, -0.1) is 0 Å². The standard InChI is InChI=1S/C30H42N4O3/c1-8-31-28(36)30(25-15-11-9-12-16-25,26-17-13-10-14-18-26)34(29(31)37)21-27(35)33(24(6)7)20-19-32(22(2)3)23(4)5/h9-18,22-24H,8,19-21H2,1-7H3. The van der Waals surface area contributed by atoms with Crippen LogP contribution in [0.3, 0.4) is 0 Å². The third-order valence-electron chi connectivity index (χ3n) is 7.28. The molecule has 4 amide bonds. The van der Waals surface area contributed by atoms with Crippen molar-refractivity contribution >= 4 is 17.8 Å². The molecule has 200 valence electrons. The maximum atomic E-state index is 14.1. The van der Waals surface area contributed by atoms with E-state index in [1.807, 2.05) is 79.4 Å². The summed E-state index contributed by atoms with van der Waals surface area (Å²) >= 11 is 0. The van der Waals surface area contributed by atoms with Crippen molar-refractivity contribution in [3.63, 3.8) is 0 Å². The second-order valence-corrected chi connectivity index (χ2v) is 10.5. The number of amides is 4. The van der Waals surface area contributed by atoms with E-state index in [4.69, 9.17) is 0 Å². The molecule has 0 saturated carbocycles. The average Bonchev–Trinajstić information content (AvgIpc) is 3.07. The van der Waals surface area contributed by atoms with Gasteiger partial charge in [-0.05, 0) is 59.6 Å². The molecule has 1 aliphatic heterocycles. The third-order valence-corrected chi connectivity index (χ3v) is 7.28. The maximum Gasteiger partial charge on any atom is 0.328 e. The van der Waals surface area contributed by atoms with Crippen LogP contribution in [0.4, 0.5) is 4.79 Å². The Morgan fingerprint density at radius 2 is 1.27 bits per heavy atom. The van der Waals surface area contributed by atoms with Crippen molar-refractivity contribution in [1.29, 1.82) is 0 Å². The van der Waals surface area contributed by atoms with E-state index in [-0.39, 0.29) is 30.9 Å². The lowest BCUT2D eigenvalue weighted by Crippen LogP contribution is -2.54. The lowest BCUT2D eigenvalue weighted by atomic mass is 9.81. The molecule has 3 rings (SSSR count). The zero-order valence-electron chi connectivity index (χ0n) is 23.3. The monoisotopic (exact) mass is 506 g/mol. The zero-order chi connectivity index (χ0) is 27.3. The summed E-state index contributed by atoms with van der Waals surface area (Å²) in [6.07, 6.45) is 0. The molecule has 0 aliphatic carbocycles. The Kier molecular flexibility index (Phi) is 9.13. The third kappa shape index (κ3) is 5.42. The fourth-order valence-electron chi connectivity index (χ4n) is 5.47. The van der Waals surface area contributed by atoms with E-state index in [0.717, 1.165) is 6.54 Å². The molecule has 2 aromatic rings.